The van der Waals surface area contributed by atoms with Crippen LogP contribution in [0.4, 0.5) is 0 Å². The first-order valence-electron chi connectivity index (χ1n) is 8.89. The first-order chi connectivity index (χ1) is 11.7. The molecule has 5 nitrogen and oxygen atoms in total. The summed E-state index contributed by atoms with van der Waals surface area (Å²) in [5, 5.41) is 4.29. The first kappa shape index (κ1) is 17.4. The molecule has 3 heterocycles. The summed E-state index contributed by atoms with van der Waals surface area (Å²) in [6.07, 6.45) is 3.96. The third-order valence-electron chi connectivity index (χ3n) is 5.02. The Morgan fingerprint density at radius 2 is 2.12 bits per heavy atom. The molecule has 1 amide bonds. The van der Waals surface area contributed by atoms with Gasteiger partial charge in [-0.15, -0.1) is 0 Å². The summed E-state index contributed by atoms with van der Waals surface area (Å²) < 4.78 is 5.12. The second kappa shape index (κ2) is 8.12. The summed E-state index contributed by atoms with van der Waals surface area (Å²) in [6, 6.07) is 2.53. The number of ether oxygens (including phenoxy) is 1. The van der Waals surface area contributed by atoms with Crippen LogP contribution in [-0.4, -0.2) is 54.5 Å². The number of carbonyl (C=O) groups is 2. The molecule has 1 aromatic rings. The van der Waals surface area contributed by atoms with E-state index in [9.17, 15) is 9.59 Å². The highest BCUT2D eigenvalue weighted by Crippen LogP contribution is 2.33. The standard InChI is InChI=1S/C18H26N2O3S/c1-2-23-18(22)14-5-3-9-20(11-14)17(21)12-19-8-4-6-16(19)15-7-10-24-13-15/h7,10,13-14,16H,2-6,8-9,11-12H2,1H3/t14-,16-/m1/s1. The van der Waals surface area contributed by atoms with Crippen LogP contribution in [0.1, 0.15) is 44.2 Å². The summed E-state index contributed by atoms with van der Waals surface area (Å²) in [6.45, 7) is 4.92. The van der Waals surface area contributed by atoms with Crippen LogP contribution in [0.5, 0.6) is 0 Å². The molecule has 0 radical (unpaired) electrons. The lowest BCUT2D eigenvalue weighted by molar-refractivity contribution is -0.151. The predicted molar refractivity (Wildman–Crippen MR) is 93.8 cm³/mol. The fraction of sp³-hybridized carbons (Fsp3) is 0.667. The predicted octanol–water partition coefficient (Wildman–Crippen LogP) is 2.69. The molecule has 0 saturated carbocycles. The Morgan fingerprint density at radius 1 is 1.29 bits per heavy atom. The normalized spacial score (nSPS) is 25.0. The van der Waals surface area contributed by atoms with Gasteiger partial charge in [0.2, 0.25) is 5.91 Å². The van der Waals surface area contributed by atoms with Gasteiger partial charge >= 0.3 is 5.97 Å². The van der Waals surface area contributed by atoms with E-state index in [4.69, 9.17) is 4.74 Å². The number of nitrogens with zero attached hydrogens (tertiary/aromatic N) is 2. The van der Waals surface area contributed by atoms with E-state index in [2.05, 4.69) is 21.7 Å². The molecule has 24 heavy (non-hydrogen) atoms. The van der Waals surface area contributed by atoms with Crippen LogP contribution in [-0.2, 0) is 14.3 Å². The van der Waals surface area contributed by atoms with Gasteiger partial charge in [0.1, 0.15) is 0 Å². The Hall–Kier alpha value is -1.40. The van der Waals surface area contributed by atoms with Gasteiger partial charge in [0.05, 0.1) is 19.1 Å². The molecule has 0 aromatic carbocycles. The fourth-order valence-corrected chi connectivity index (χ4v) is 4.49. The number of rotatable bonds is 5. The quantitative estimate of drug-likeness (QED) is 0.766. The van der Waals surface area contributed by atoms with Gasteiger partial charge in [0, 0.05) is 19.1 Å². The summed E-state index contributed by atoms with van der Waals surface area (Å²) in [5.41, 5.74) is 1.33. The van der Waals surface area contributed by atoms with E-state index in [0.29, 0.717) is 25.7 Å². The number of carbonyl (C=O) groups excluding carboxylic acids is 2. The van der Waals surface area contributed by atoms with Gasteiger partial charge < -0.3 is 9.64 Å². The molecule has 1 aromatic heterocycles. The van der Waals surface area contributed by atoms with Gasteiger partial charge in [0.25, 0.3) is 0 Å². The van der Waals surface area contributed by atoms with E-state index in [0.717, 1.165) is 38.8 Å². The van der Waals surface area contributed by atoms with Crippen molar-refractivity contribution in [3.8, 4) is 0 Å². The van der Waals surface area contributed by atoms with E-state index in [-0.39, 0.29) is 17.8 Å². The van der Waals surface area contributed by atoms with E-state index in [1.165, 1.54) is 5.56 Å². The average Bonchev–Trinajstić information content (AvgIpc) is 3.26. The monoisotopic (exact) mass is 350 g/mol. The minimum Gasteiger partial charge on any atom is -0.466 e. The molecule has 132 valence electrons. The first-order valence-corrected chi connectivity index (χ1v) is 9.84. The van der Waals surface area contributed by atoms with Gasteiger partial charge in [-0.2, -0.15) is 11.3 Å². The topological polar surface area (TPSA) is 49.9 Å². The number of hydrogen-bond donors (Lipinski definition) is 0. The van der Waals surface area contributed by atoms with Crippen molar-refractivity contribution < 1.29 is 14.3 Å². The van der Waals surface area contributed by atoms with Crippen molar-refractivity contribution in [2.24, 2.45) is 5.92 Å². The van der Waals surface area contributed by atoms with Crippen LogP contribution in [0.15, 0.2) is 16.8 Å². The second-order valence-corrected chi connectivity index (χ2v) is 7.40. The van der Waals surface area contributed by atoms with Crippen LogP contribution in [0, 0.1) is 5.92 Å². The van der Waals surface area contributed by atoms with Crippen molar-refractivity contribution in [1.82, 2.24) is 9.80 Å². The summed E-state index contributed by atoms with van der Waals surface area (Å²) in [4.78, 5) is 28.8. The summed E-state index contributed by atoms with van der Waals surface area (Å²) in [7, 11) is 0. The maximum Gasteiger partial charge on any atom is 0.310 e. The average molecular weight is 350 g/mol. The number of likely N-dealkylation sites (tertiary alicyclic amines) is 2. The molecule has 2 fully saturated rings. The molecular formula is C18H26N2O3S. The van der Waals surface area contributed by atoms with Crippen LogP contribution >= 0.6 is 11.3 Å². The third-order valence-corrected chi connectivity index (χ3v) is 5.73. The van der Waals surface area contributed by atoms with Crippen molar-refractivity contribution in [2.75, 3.05) is 32.8 Å². The molecular weight excluding hydrogens is 324 g/mol. The van der Waals surface area contributed by atoms with Gasteiger partial charge in [-0.05, 0) is 61.5 Å². The Morgan fingerprint density at radius 3 is 2.88 bits per heavy atom. The molecule has 2 aliphatic rings. The lowest BCUT2D eigenvalue weighted by atomic mass is 9.98. The van der Waals surface area contributed by atoms with E-state index in [1.807, 2.05) is 11.8 Å². The molecule has 0 N–H and O–H groups in total. The highest BCUT2D eigenvalue weighted by molar-refractivity contribution is 7.07. The Kier molecular flexibility index (Phi) is 5.89. The van der Waals surface area contributed by atoms with E-state index >= 15 is 0 Å². The molecule has 0 aliphatic carbocycles. The number of amides is 1. The van der Waals surface area contributed by atoms with Crippen LogP contribution in [0.25, 0.3) is 0 Å². The maximum atomic E-state index is 12.7. The minimum atomic E-state index is -0.160. The van der Waals surface area contributed by atoms with Crippen molar-refractivity contribution in [1.29, 1.82) is 0 Å². The summed E-state index contributed by atoms with van der Waals surface area (Å²) in [5.74, 6) is -0.174. The van der Waals surface area contributed by atoms with Crippen LogP contribution < -0.4 is 0 Å². The zero-order valence-corrected chi connectivity index (χ0v) is 15.1. The molecule has 0 bridgehead atoms. The highest BCUT2D eigenvalue weighted by atomic mass is 32.1. The van der Waals surface area contributed by atoms with Gasteiger partial charge in [0.15, 0.2) is 0 Å². The van der Waals surface area contributed by atoms with Crippen molar-refractivity contribution in [2.45, 2.75) is 38.6 Å². The molecule has 0 unspecified atom stereocenters. The van der Waals surface area contributed by atoms with Crippen molar-refractivity contribution in [3.63, 3.8) is 0 Å². The molecule has 2 atom stereocenters. The highest BCUT2D eigenvalue weighted by Gasteiger charge is 2.32. The van der Waals surface area contributed by atoms with Crippen LogP contribution in [0.2, 0.25) is 0 Å². The Labute approximate surface area is 147 Å². The zero-order valence-electron chi connectivity index (χ0n) is 14.3. The lowest BCUT2D eigenvalue weighted by Crippen LogP contribution is -2.46. The minimum absolute atomic E-state index is 0.145. The molecule has 3 rings (SSSR count). The van der Waals surface area contributed by atoms with Gasteiger partial charge in [-0.25, -0.2) is 0 Å². The molecule has 0 spiro atoms. The Bertz CT molecular complexity index is 561. The zero-order chi connectivity index (χ0) is 16.9. The molecule has 6 heteroatoms. The maximum absolute atomic E-state index is 12.7. The number of esters is 1. The van der Waals surface area contributed by atoms with E-state index < -0.39 is 0 Å². The second-order valence-electron chi connectivity index (χ2n) is 6.62. The van der Waals surface area contributed by atoms with Crippen LogP contribution in [0.3, 0.4) is 0 Å². The smallest absolute Gasteiger partial charge is 0.310 e. The number of thiophene rings is 1. The van der Waals surface area contributed by atoms with Gasteiger partial charge in [-0.1, -0.05) is 0 Å². The number of hydrogen-bond acceptors (Lipinski definition) is 5. The molecule has 2 saturated heterocycles. The lowest BCUT2D eigenvalue weighted by Gasteiger charge is -2.33. The number of piperidine rings is 1. The molecule has 2 aliphatic heterocycles. The van der Waals surface area contributed by atoms with E-state index in [1.54, 1.807) is 11.3 Å². The van der Waals surface area contributed by atoms with Crippen molar-refractivity contribution in [3.05, 3.63) is 22.4 Å². The van der Waals surface area contributed by atoms with Crippen molar-refractivity contribution >= 4 is 23.2 Å². The summed E-state index contributed by atoms with van der Waals surface area (Å²) >= 11 is 1.71. The third kappa shape index (κ3) is 3.98. The Balaban J connectivity index is 1.57. The fourth-order valence-electron chi connectivity index (χ4n) is 3.79. The van der Waals surface area contributed by atoms with Gasteiger partial charge in [-0.3, -0.25) is 14.5 Å². The largest absolute Gasteiger partial charge is 0.466 e. The SMILES string of the molecule is CCOC(=O)[C@@H]1CCCN(C(=O)CN2CCC[C@@H]2c2ccsc2)C1.